The highest BCUT2D eigenvalue weighted by atomic mass is 79.9. The number of aromatic nitrogens is 2. The fourth-order valence-electron chi connectivity index (χ4n) is 3.26. The number of ketones is 1. The van der Waals surface area contributed by atoms with E-state index >= 15 is 0 Å². The number of aromatic amines is 1. The van der Waals surface area contributed by atoms with Crippen molar-refractivity contribution in [2.24, 2.45) is 0 Å². The van der Waals surface area contributed by atoms with Crippen molar-refractivity contribution < 1.29 is 26.3 Å². The Hall–Kier alpha value is -2.72. The first-order valence-corrected chi connectivity index (χ1v) is 8.91. The van der Waals surface area contributed by atoms with E-state index in [1.165, 1.54) is 22.0 Å². The van der Waals surface area contributed by atoms with Gasteiger partial charge in [-0.15, -0.1) is 0 Å². The molecule has 4 rings (SSSR count). The molecule has 0 aliphatic carbocycles. The lowest BCUT2D eigenvalue weighted by molar-refractivity contribution is -0.683. The van der Waals surface area contributed by atoms with Gasteiger partial charge in [0.25, 0.3) is 0 Å². The molecule has 0 unspecified atom stereocenters. The van der Waals surface area contributed by atoms with Gasteiger partial charge in [-0.2, -0.15) is 4.57 Å². The molecule has 0 radical (unpaired) electrons. The maximum Gasteiger partial charge on any atom is 0.227 e. The van der Waals surface area contributed by atoms with Crippen LogP contribution < -0.4 is 21.5 Å². The number of hydrogen-bond acceptors (Lipinski definition) is 1. The molecule has 2 aromatic carbocycles. The second-order valence-electron chi connectivity index (χ2n) is 6.53. The van der Waals surface area contributed by atoms with Crippen LogP contribution in [-0.4, -0.2) is 10.8 Å². The molecule has 0 spiro atoms. The molecule has 0 fully saturated rings. The van der Waals surface area contributed by atoms with Gasteiger partial charge in [0.05, 0.1) is 0 Å². The molecule has 0 amide bonds. The number of para-hydroxylation sites is 1. The largest absolute Gasteiger partial charge is 1.00 e. The van der Waals surface area contributed by atoms with Crippen LogP contribution in [0.15, 0.2) is 85.3 Å². The predicted molar refractivity (Wildman–Crippen MR) is 103 cm³/mol. The summed E-state index contributed by atoms with van der Waals surface area (Å²) in [6.45, 7) is 0.368. The molecule has 0 aliphatic rings. The van der Waals surface area contributed by atoms with Crippen molar-refractivity contribution in [3.8, 4) is 0 Å². The van der Waals surface area contributed by atoms with E-state index in [9.17, 15) is 4.79 Å². The number of pyridine rings is 1. The maximum absolute atomic E-state index is 12.3. The Bertz CT molecular complexity index is 1020. The summed E-state index contributed by atoms with van der Waals surface area (Å²) in [6.07, 6.45) is 8.06. The fraction of sp³-hybridized carbons (Fsp3) is 0.130. The molecule has 0 aliphatic heterocycles. The molecule has 4 aromatic rings. The molecule has 0 saturated heterocycles. The van der Waals surface area contributed by atoms with E-state index in [-0.39, 0.29) is 22.8 Å². The quantitative estimate of drug-likeness (QED) is 0.368. The van der Waals surface area contributed by atoms with E-state index < -0.39 is 0 Å². The number of carbonyl (C=O) groups excluding carboxylic acids is 1. The number of nitrogens with zero attached hydrogens (tertiary/aromatic N) is 1. The lowest BCUT2D eigenvalue weighted by Gasteiger charge is -2.02. The number of Topliss-reactive ketones (excluding diaryl/α,β-unsaturated/α-hetero) is 1. The lowest BCUT2D eigenvalue weighted by atomic mass is 10.0. The molecule has 1 N–H and O–H groups in total. The Morgan fingerprint density at radius 3 is 2.33 bits per heavy atom. The Balaban J connectivity index is 0.00000210. The third-order valence-electron chi connectivity index (χ3n) is 4.74. The number of H-pyrrole nitrogens is 1. The zero-order chi connectivity index (χ0) is 17.8. The lowest BCUT2D eigenvalue weighted by Crippen LogP contribution is -3.00. The zero-order valence-corrected chi connectivity index (χ0v) is 16.5. The monoisotopic (exact) mass is 420 g/mol. The molecular weight excluding hydrogens is 400 g/mol. The number of fused-ring (bicyclic) bond motifs is 1. The van der Waals surface area contributed by atoms with Crippen LogP contribution in [0, 0.1) is 0 Å². The molecule has 0 atom stereocenters. The Morgan fingerprint density at radius 2 is 1.56 bits per heavy atom. The van der Waals surface area contributed by atoms with Crippen molar-refractivity contribution in [1.29, 1.82) is 0 Å². The summed E-state index contributed by atoms with van der Waals surface area (Å²) in [6, 6.07) is 22.0. The minimum Gasteiger partial charge on any atom is -1.00 e. The first-order chi connectivity index (χ1) is 12.8. The van der Waals surface area contributed by atoms with Gasteiger partial charge in [0.1, 0.15) is 0 Å². The normalized spacial score (nSPS) is 10.5. The van der Waals surface area contributed by atoms with Crippen LogP contribution >= 0.6 is 0 Å². The summed E-state index contributed by atoms with van der Waals surface area (Å²) in [5.74, 6) is 0.127. The summed E-state index contributed by atoms with van der Waals surface area (Å²) >= 11 is 0. The summed E-state index contributed by atoms with van der Waals surface area (Å²) in [7, 11) is 0. The Kier molecular flexibility index (Phi) is 6.20. The number of rotatable bonds is 6. The number of hydrogen-bond donors (Lipinski definition) is 1. The molecule has 3 nitrogen and oxygen atoms in total. The smallest absolute Gasteiger partial charge is 0.227 e. The van der Waals surface area contributed by atoms with Crippen LogP contribution in [0.25, 0.3) is 10.9 Å². The Morgan fingerprint density at radius 1 is 0.852 bits per heavy atom. The fourth-order valence-corrected chi connectivity index (χ4v) is 3.26. The average Bonchev–Trinajstić information content (AvgIpc) is 3.11. The summed E-state index contributed by atoms with van der Waals surface area (Å²) < 4.78 is 1.94. The maximum atomic E-state index is 12.3. The van der Waals surface area contributed by atoms with E-state index in [2.05, 4.69) is 47.6 Å². The number of halogens is 1. The van der Waals surface area contributed by atoms with Crippen LogP contribution in [0.1, 0.15) is 21.5 Å². The van der Waals surface area contributed by atoms with Crippen molar-refractivity contribution in [3.63, 3.8) is 0 Å². The zero-order valence-electron chi connectivity index (χ0n) is 14.9. The van der Waals surface area contributed by atoms with E-state index in [1.807, 2.05) is 47.3 Å². The van der Waals surface area contributed by atoms with Crippen molar-refractivity contribution in [2.45, 2.75) is 19.4 Å². The van der Waals surface area contributed by atoms with Crippen LogP contribution in [0.3, 0.4) is 0 Å². The van der Waals surface area contributed by atoms with Gasteiger partial charge in [0.2, 0.25) is 12.3 Å². The molecule has 0 bridgehead atoms. The molecule has 4 heteroatoms. The van der Waals surface area contributed by atoms with Gasteiger partial charge in [-0.05, 0) is 30.0 Å². The first-order valence-electron chi connectivity index (χ1n) is 8.91. The first kappa shape index (κ1) is 19.1. The van der Waals surface area contributed by atoms with E-state index in [1.54, 1.807) is 0 Å². The van der Waals surface area contributed by atoms with Crippen LogP contribution in [0.5, 0.6) is 0 Å². The Labute approximate surface area is 169 Å². The summed E-state index contributed by atoms with van der Waals surface area (Å²) in [4.78, 5) is 15.6. The van der Waals surface area contributed by atoms with E-state index in [0.717, 1.165) is 18.4 Å². The van der Waals surface area contributed by atoms with Gasteiger partial charge >= 0.3 is 0 Å². The molecular formula is C23H21BrN2O. The van der Waals surface area contributed by atoms with Crippen molar-refractivity contribution in [2.75, 3.05) is 0 Å². The van der Waals surface area contributed by atoms with Crippen LogP contribution in [-0.2, 0) is 19.4 Å². The van der Waals surface area contributed by atoms with Gasteiger partial charge < -0.3 is 22.0 Å². The number of carbonyl (C=O) groups is 1. The highest BCUT2D eigenvalue weighted by Crippen LogP contribution is 2.19. The topological polar surface area (TPSA) is 36.7 Å². The van der Waals surface area contributed by atoms with E-state index in [4.69, 9.17) is 0 Å². The molecule has 2 aromatic heterocycles. The molecule has 2 heterocycles. The summed E-state index contributed by atoms with van der Waals surface area (Å²) in [5.41, 5.74) is 4.56. The summed E-state index contributed by atoms with van der Waals surface area (Å²) in [5, 5.41) is 1.30. The second-order valence-corrected chi connectivity index (χ2v) is 6.53. The minimum absolute atomic E-state index is 0. The van der Waals surface area contributed by atoms with Gasteiger partial charge in [0.15, 0.2) is 12.4 Å². The molecule has 0 saturated carbocycles. The highest BCUT2D eigenvalue weighted by Gasteiger charge is 2.11. The second kappa shape index (κ2) is 8.78. The number of aryl methyl sites for hydroxylation is 2. The van der Waals surface area contributed by atoms with Crippen molar-refractivity contribution in [3.05, 3.63) is 102 Å². The predicted octanol–water partition coefficient (Wildman–Crippen LogP) is 1.13. The van der Waals surface area contributed by atoms with Crippen LogP contribution in [0.2, 0.25) is 0 Å². The third-order valence-corrected chi connectivity index (χ3v) is 4.74. The van der Waals surface area contributed by atoms with Crippen molar-refractivity contribution in [1.82, 2.24) is 4.98 Å². The van der Waals surface area contributed by atoms with Gasteiger partial charge in [-0.3, -0.25) is 4.79 Å². The van der Waals surface area contributed by atoms with Gasteiger partial charge in [-0.25, -0.2) is 0 Å². The minimum atomic E-state index is 0. The SMILES string of the molecule is O=C(C[n+]1ccc(CCc2c[nH]c3ccccc23)cc1)c1ccccc1.[Br-]. The molecule has 136 valence electrons. The average molecular weight is 421 g/mol. The molecule has 27 heavy (non-hydrogen) atoms. The highest BCUT2D eigenvalue weighted by molar-refractivity contribution is 5.94. The standard InChI is InChI=1S/C23H21N2O.BrH/c26-23(19-6-2-1-3-7-19)17-25-14-12-18(13-15-25)10-11-20-16-24-22-9-5-4-8-21(20)22;/h1-9,12-16,24H,10-11,17H2;1H/q+1;/p-1. The van der Waals surface area contributed by atoms with Crippen LogP contribution in [0.4, 0.5) is 0 Å². The van der Waals surface area contributed by atoms with E-state index in [0.29, 0.717) is 6.54 Å². The van der Waals surface area contributed by atoms with Gasteiger partial charge in [0, 0.05) is 34.8 Å². The number of benzene rings is 2. The number of nitrogens with one attached hydrogen (secondary N) is 1. The van der Waals surface area contributed by atoms with Crippen molar-refractivity contribution >= 4 is 16.7 Å². The van der Waals surface area contributed by atoms with Gasteiger partial charge in [-0.1, -0.05) is 48.5 Å². The third kappa shape index (κ3) is 4.52.